The maximum absolute atomic E-state index is 12.4. The van der Waals surface area contributed by atoms with Crippen LogP contribution in [-0.4, -0.2) is 25.3 Å². The van der Waals surface area contributed by atoms with E-state index in [1.807, 2.05) is 38.1 Å². The van der Waals surface area contributed by atoms with Gasteiger partial charge in [0.1, 0.15) is 0 Å². The molecule has 0 atom stereocenters. The quantitative estimate of drug-likeness (QED) is 0.231. The van der Waals surface area contributed by atoms with Crippen LogP contribution in [0.1, 0.15) is 29.2 Å². The highest BCUT2D eigenvalue weighted by molar-refractivity contribution is 14.1. The van der Waals surface area contributed by atoms with Crippen LogP contribution in [0, 0.1) is 24.3 Å². The zero-order valence-electron chi connectivity index (χ0n) is 19.0. The molecule has 1 N–H and O–H groups in total. The van der Waals surface area contributed by atoms with Crippen molar-refractivity contribution in [2.24, 2.45) is 4.99 Å². The van der Waals surface area contributed by atoms with Gasteiger partial charge in [-0.15, -0.1) is 0 Å². The lowest BCUT2D eigenvalue weighted by atomic mass is 10.1. The van der Waals surface area contributed by atoms with E-state index in [1.165, 1.54) is 11.1 Å². The summed E-state index contributed by atoms with van der Waals surface area (Å²) in [4.78, 5) is 17.0. The average molecular weight is 577 g/mol. The molecule has 1 amide bonds. The molecule has 0 aliphatic rings. The van der Waals surface area contributed by atoms with Crippen molar-refractivity contribution >= 4 is 57.7 Å². The lowest BCUT2D eigenvalue weighted by Crippen LogP contribution is -2.20. The molecule has 7 heteroatoms. The van der Waals surface area contributed by atoms with Crippen LogP contribution in [0.25, 0.3) is 0 Å². The van der Waals surface area contributed by atoms with Gasteiger partial charge in [0.25, 0.3) is 5.91 Å². The number of hydrogen-bond acceptors (Lipinski definition) is 4. The summed E-state index contributed by atoms with van der Waals surface area (Å²) < 4.78 is 12.4. The molecular formula is C26H26ClIN2O3. The monoisotopic (exact) mass is 576 g/mol. The van der Waals surface area contributed by atoms with Gasteiger partial charge in [-0.25, -0.2) is 0 Å². The fraction of sp³-hybridized carbons (Fsp3) is 0.231. The number of nitrogens with one attached hydrogen (secondary N) is 1. The van der Waals surface area contributed by atoms with Crippen molar-refractivity contribution in [3.63, 3.8) is 0 Å². The van der Waals surface area contributed by atoms with E-state index in [0.29, 0.717) is 28.8 Å². The Kier molecular flexibility index (Phi) is 8.74. The molecule has 3 rings (SSSR count). The first-order valence-corrected chi connectivity index (χ1v) is 12.0. The topological polar surface area (TPSA) is 59.9 Å². The number of nitrogens with zero attached hydrogens (tertiary/aromatic N) is 1. The molecule has 33 heavy (non-hydrogen) atoms. The molecule has 0 saturated heterocycles. The summed E-state index contributed by atoms with van der Waals surface area (Å²) in [5.74, 6) is 0.809. The number of anilines is 1. The fourth-order valence-corrected chi connectivity index (χ4v) is 3.99. The van der Waals surface area contributed by atoms with Gasteiger partial charge in [-0.05, 0) is 109 Å². The van der Waals surface area contributed by atoms with Crippen LogP contribution < -0.4 is 14.8 Å². The van der Waals surface area contributed by atoms with Crippen LogP contribution in [0.3, 0.4) is 0 Å². The maximum Gasteiger partial charge on any atom is 0.262 e. The number of halogens is 2. The molecule has 3 aromatic carbocycles. The van der Waals surface area contributed by atoms with Crippen molar-refractivity contribution in [3.8, 4) is 11.5 Å². The highest BCUT2D eigenvalue weighted by Gasteiger charge is 2.14. The lowest BCUT2D eigenvalue weighted by Gasteiger charge is -2.15. The van der Waals surface area contributed by atoms with Crippen LogP contribution >= 0.6 is 34.2 Å². The van der Waals surface area contributed by atoms with Gasteiger partial charge in [-0.1, -0.05) is 23.7 Å². The summed E-state index contributed by atoms with van der Waals surface area (Å²) in [5.41, 5.74) is 5.77. The van der Waals surface area contributed by atoms with Crippen molar-refractivity contribution in [1.29, 1.82) is 0 Å². The predicted octanol–water partition coefficient (Wildman–Crippen LogP) is 7.04. The molecule has 3 aromatic rings. The van der Waals surface area contributed by atoms with Crippen LogP contribution in [0.5, 0.6) is 11.5 Å². The Hall–Kier alpha value is -2.58. The molecule has 0 unspecified atom stereocenters. The number of carbonyl (C=O) groups is 1. The Morgan fingerprint density at radius 1 is 1.03 bits per heavy atom. The Bertz CT molecular complexity index is 1190. The van der Waals surface area contributed by atoms with E-state index in [2.05, 4.69) is 58.9 Å². The minimum atomic E-state index is -0.284. The molecule has 5 nitrogen and oxygen atoms in total. The molecule has 0 aliphatic heterocycles. The highest BCUT2D eigenvalue weighted by Crippen LogP contribution is 2.34. The Morgan fingerprint density at radius 2 is 1.79 bits per heavy atom. The summed E-state index contributed by atoms with van der Waals surface area (Å²) in [6.07, 6.45) is 1.80. The summed E-state index contributed by atoms with van der Waals surface area (Å²) >= 11 is 8.31. The standard InChI is InChI=1S/C26H26ClIN2O3/c1-5-32-24-12-19(14-29-20-8-6-16(2)18(4)10-20)11-23(28)26(24)33-15-25(31)30-21-9-7-17(3)22(27)13-21/h6-14H,5,15H2,1-4H3,(H,30,31). The Labute approximate surface area is 213 Å². The number of amides is 1. The normalized spacial score (nSPS) is 11.0. The first-order chi connectivity index (χ1) is 15.8. The molecule has 0 radical (unpaired) electrons. The average Bonchev–Trinajstić information content (AvgIpc) is 2.77. The Balaban J connectivity index is 1.73. The number of aliphatic imine (C=N–C) groups is 1. The van der Waals surface area contributed by atoms with Gasteiger partial charge < -0.3 is 14.8 Å². The van der Waals surface area contributed by atoms with Crippen molar-refractivity contribution < 1.29 is 14.3 Å². The van der Waals surface area contributed by atoms with Gasteiger partial charge >= 0.3 is 0 Å². The number of hydrogen-bond donors (Lipinski definition) is 1. The van der Waals surface area contributed by atoms with Crippen molar-refractivity contribution in [2.75, 3.05) is 18.5 Å². The number of benzene rings is 3. The Morgan fingerprint density at radius 3 is 2.48 bits per heavy atom. The third kappa shape index (κ3) is 6.95. The SMILES string of the molecule is CCOc1cc(C=Nc2ccc(C)c(C)c2)cc(I)c1OCC(=O)Nc1ccc(C)c(Cl)c1. The molecule has 0 spiro atoms. The smallest absolute Gasteiger partial charge is 0.262 e. The summed E-state index contributed by atoms with van der Waals surface area (Å²) in [7, 11) is 0. The molecule has 0 aromatic heterocycles. The van der Waals surface area contributed by atoms with E-state index in [4.69, 9.17) is 21.1 Å². The lowest BCUT2D eigenvalue weighted by molar-refractivity contribution is -0.118. The van der Waals surface area contributed by atoms with E-state index in [9.17, 15) is 4.79 Å². The molecule has 0 heterocycles. The number of carbonyl (C=O) groups excluding carboxylic acids is 1. The first kappa shape index (κ1) is 25.1. The zero-order valence-corrected chi connectivity index (χ0v) is 22.0. The summed E-state index contributed by atoms with van der Waals surface area (Å²) in [6.45, 7) is 8.27. The van der Waals surface area contributed by atoms with Gasteiger partial charge in [0, 0.05) is 16.9 Å². The largest absolute Gasteiger partial charge is 0.490 e. The van der Waals surface area contributed by atoms with Gasteiger partial charge in [0.15, 0.2) is 18.1 Å². The fourth-order valence-electron chi connectivity index (χ4n) is 3.03. The van der Waals surface area contributed by atoms with Crippen molar-refractivity contribution in [1.82, 2.24) is 0 Å². The van der Waals surface area contributed by atoms with Crippen molar-refractivity contribution in [3.05, 3.63) is 79.4 Å². The second-order valence-corrected chi connectivity index (χ2v) is 9.16. The van der Waals surface area contributed by atoms with Crippen LogP contribution in [0.15, 0.2) is 53.5 Å². The minimum absolute atomic E-state index is 0.155. The second kappa shape index (κ2) is 11.5. The van der Waals surface area contributed by atoms with Gasteiger partial charge in [0.05, 0.1) is 15.9 Å². The maximum atomic E-state index is 12.4. The van der Waals surface area contributed by atoms with E-state index < -0.39 is 0 Å². The van der Waals surface area contributed by atoms with E-state index in [1.54, 1.807) is 18.3 Å². The zero-order chi connectivity index (χ0) is 24.0. The van der Waals surface area contributed by atoms with Crippen molar-refractivity contribution in [2.45, 2.75) is 27.7 Å². The van der Waals surface area contributed by atoms with Gasteiger partial charge in [0.2, 0.25) is 0 Å². The summed E-state index contributed by atoms with van der Waals surface area (Å²) in [6, 6.07) is 15.3. The van der Waals surface area contributed by atoms with Crippen LogP contribution in [0.4, 0.5) is 11.4 Å². The molecule has 0 aliphatic carbocycles. The van der Waals surface area contributed by atoms with Crippen LogP contribution in [0.2, 0.25) is 5.02 Å². The highest BCUT2D eigenvalue weighted by atomic mass is 127. The molecular weight excluding hydrogens is 551 g/mol. The predicted molar refractivity (Wildman–Crippen MR) is 144 cm³/mol. The van der Waals surface area contributed by atoms with Gasteiger partial charge in [-0.2, -0.15) is 0 Å². The second-order valence-electron chi connectivity index (χ2n) is 7.59. The van der Waals surface area contributed by atoms with E-state index in [-0.39, 0.29) is 12.5 Å². The van der Waals surface area contributed by atoms with Gasteiger partial charge in [-0.3, -0.25) is 9.79 Å². The third-order valence-corrected chi connectivity index (χ3v) is 6.20. The van der Waals surface area contributed by atoms with E-state index >= 15 is 0 Å². The number of rotatable bonds is 8. The van der Waals surface area contributed by atoms with Crippen LogP contribution in [-0.2, 0) is 4.79 Å². The summed E-state index contributed by atoms with van der Waals surface area (Å²) in [5, 5.41) is 3.39. The number of ether oxygens (including phenoxy) is 2. The first-order valence-electron chi connectivity index (χ1n) is 10.5. The molecule has 0 saturated carbocycles. The number of aryl methyl sites for hydroxylation is 3. The molecule has 172 valence electrons. The van der Waals surface area contributed by atoms with E-state index in [0.717, 1.165) is 20.4 Å². The molecule has 0 fully saturated rings. The molecule has 0 bridgehead atoms. The minimum Gasteiger partial charge on any atom is -0.490 e. The third-order valence-electron chi connectivity index (χ3n) is 4.99.